The molecule has 1 aliphatic carbocycles. The Morgan fingerprint density at radius 3 is 2.33 bits per heavy atom. The van der Waals surface area contributed by atoms with E-state index in [4.69, 9.17) is 0 Å². The van der Waals surface area contributed by atoms with Crippen LogP contribution in [0.15, 0.2) is 0 Å². The van der Waals surface area contributed by atoms with Gasteiger partial charge in [-0.3, -0.25) is 14.6 Å². The fourth-order valence-corrected chi connectivity index (χ4v) is 2.53. The van der Waals surface area contributed by atoms with Crippen LogP contribution in [-0.4, -0.2) is 53.8 Å². The summed E-state index contributed by atoms with van der Waals surface area (Å²) >= 11 is 0. The van der Waals surface area contributed by atoms with Crippen molar-refractivity contribution in [3.05, 3.63) is 0 Å². The molecular weight excluding hydrogens is 188 g/mol. The molecule has 1 unspecified atom stereocenters. The zero-order valence-electron chi connectivity index (χ0n) is 9.91. The molecule has 2 rings (SSSR count). The maximum atomic E-state index is 11.0. The molecular formula is C12H22N2O. The van der Waals surface area contributed by atoms with Crippen molar-refractivity contribution >= 4 is 5.78 Å². The molecule has 0 spiro atoms. The second-order valence-electron chi connectivity index (χ2n) is 5.06. The molecule has 3 heteroatoms. The number of carbonyl (C=O) groups excluding carboxylic acids is 1. The first-order chi connectivity index (χ1) is 7.16. The zero-order chi connectivity index (χ0) is 10.8. The Morgan fingerprint density at radius 1 is 1.27 bits per heavy atom. The van der Waals surface area contributed by atoms with Crippen LogP contribution in [0.25, 0.3) is 0 Å². The highest BCUT2D eigenvalue weighted by atomic mass is 16.1. The average molecular weight is 210 g/mol. The van der Waals surface area contributed by atoms with Crippen LogP contribution in [0.4, 0.5) is 0 Å². The predicted molar refractivity (Wildman–Crippen MR) is 60.9 cm³/mol. The molecule has 1 saturated carbocycles. The molecule has 15 heavy (non-hydrogen) atoms. The maximum absolute atomic E-state index is 11.0. The molecule has 2 aliphatic rings. The summed E-state index contributed by atoms with van der Waals surface area (Å²) in [4.78, 5) is 16.1. The lowest BCUT2D eigenvalue weighted by Crippen LogP contribution is -2.50. The van der Waals surface area contributed by atoms with Crippen molar-refractivity contribution in [3.8, 4) is 0 Å². The van der Waals surface area contributed by atoms with Gasteiger partial charge in [0, 0.05) is 44.7 Å². The summed E-state index contributed by atoms with van der Waals surface area (Å²) in [5, 5.41) is 0. The largest absolute Gasteiger partial charge is 0.300 e. The van der Waals surface area contributed by atoms with Crippen molar-refractivity contribution in [3.63, 3.8) is 0 Å². The molecule has 2 fully saturated rings. The molecule has 1 atom stereocenters. The van der Waals surface area contributed by atoms with Gasteiger partial charge >= 0.3 is 0 Å². The van der Waals surface area contributed by atoms with Gasteiger partial charge in [-0.15, -0.1) is 0 Å². The lowest BCUT2D eigenvalue weighted by molar-refractivity contribution is -0.118. The maximum Gasteiger partial charge on any atom is 0.131 e. The Hall–Kier alpha value is -0.410. The fraction of sp³-hybridized carbons (Fsp3) is 0.917. The van der Waals surface area contributed by atoms with E-state index in [0.29, 0.717) is 18.2 Å². The Bertz CT molecular complexity index is 230. The molecule has 1 aliphatic heterocycles. The molecule has 0 radical (unpaired) electrons. The quantitative estimate of drug-likeness (QED) is 0.695. The van der Waals surface area contributed by atoms with Crippen LogP contribution in [0.1, 0.15) is 33.1 Å². The van der Waals surface area contributed by atoms with Gasteiger partial charge in [-0.2, -0.15) is 0 Å². The number of hydrogen-bond acceptors (Lipinski definition) is 3. The van der Waals surface area contributed by atoms with E-state index in [1.54, 1.807) is 6.92 Å². The van der Waals surface area contributed by atoms with Crippen LogP contribution < -0.4 is 0 Å². The van der Waals surface area contributed by atoms with Crippen LogP contribution in [0, 0.1) is 0 Å². The van der Waals surface area contributed by atoms with E-state index in [-0.39, 0.29) is 0 Å². The van der Waals surface area contributed by atoms with E-state index < -0.39 is 0 Å². The summed E-state index contributed by atoms with van der Waals surface area (Å²) in [6.07, 6.45) is 3.52. The lowest BCUT2D eigenvalue weighted by atomic mass is 10.1. The van der Waals surface area contributed by atoms with Gasteiger partial charge in [0.2, 0.25) is 0 Å². The van der Waals surface area contributed by atoms with Gasteiger partial charge in [0.15, 0.2) is 0 Å². The van der Waals surface area contributed by atoms with Crippen molar-refractivity contribution in [2.24, 2.45) is 0 Å². The van der Waals surface area contributed by atoms with Gasteiger partial charge in [-0.05, 0) is 26.7 Å². The molecule has 0 N–H and O–H groups in total. The molecule has 0 aromatic heterocycles. The van der Waals surface area contributed by atoms with Crippen molar-refractivity contribution < 1.29 is 4.79 Å². The van der Waals surface area contributed by atoms with Crippen LogP contribution in [0.5, 0.6) is 0 Å². The highest BCUT2D eigenvalue weighted by molar-refractivity contribution is 5.76. The summed E-state index contributed by atoms with van der Waals surface area (Å²) in [5.41, 5.74) is 0. The first-order valence-corrected chi connectivity index (χ1v) is 6.14. The summed E-state index contributed by atoms with van der Waals surface area (Å²) in [5.74, 6) is 0.312. The Kier molecular flexibility index (Phi) is 3.42. The summed E-state index contributed by atoms with van der Waals surface area (Å²) in [7, 11) is 0. The van der Waals surface area contributed by atoms with E-state index in [1.807, 2.05) is 0 Å². The average Bonchev–Trinajstić information content (AvgIpc) is 3.00. The number of ketones is 1. The van der Waals surface area contributed by atoms with Crippen molar-refractivity contribution in [1.29, 1.82) is 0 Å². The highest BCUT2D eigenvalue weighted by Crippen LogP contribution is 2.27. The smallest absolute Gasteiger partial charge is 0.131 e. The lowest BCUT2D eigenvalue weighted by Gasteiger charge is -2.38. The number of rotatable bonds is 4. The molecule has 0 aromatic carbocycles. The normalized spacial score (nSPS) is 26.5. The van der Waals surface area contributed by atoms with E-state index >= 15 is 0 Å². The Labute approximate surface area is 92.4 Å². The minimum atomic E-state index is 0.312. The highest BCUT2D eigenvalue weighted by Gasteiger charge is 2.32. The van der Waals surface area contributed by atoms with Crippen LogP contribution in [0.2, 0.25) is 0 Å². The Morgan fingerprint density at radius 2 is 1.87 bits per heavy atom. The monoisotopic (exact) mass is 210 g/mol. The summed E-state index contributed by atoms with van der Waals surface area (Å²) in [6, 6.07) is 1.33. The van der Waals surface area contributed by atoms with Crippen LogP contribution >= 0.6 is 0 Å². The number of piperazine rings is 1. The second-order valence-corrected chi connectivity index (χ2v) is 5.06. The molecule has 86 valence electrons. The van der Waals surface area contributed by atoms with Gasteiger partial charge in [0.1, 0.15) is 5.78 Å². The summed E-state index contributed by atoms with van der Waals surface area (Å²) in [6.45, 7) is 8.56. The summed E-state index contributed by atoms with van der Waals surface area (Å²) < 4.78 is 0. The Balaban J connectivity index is 1.74. The van der Waals surface area contributed by atoms with Crippen LogP contribution in [0.3, 0.4) is 0 Å². The van der Waals surface area contributed by atoms with Gasteiger partial charge in [0.05, 0.1) is 0 Å². The standard InChI is InChI=1S/C12H22N2O/c1-10(9-11(2)15)13-5-7-14(8-6-13)12-3-4-12/h10,12H,3-9H2,1-2H3. The third-order valence-electron chi connectivity index (χ3n) is 3.62. The van der Waals surface area contributed by atoms with Gasteiger partial charge in [0.25, 0.3) is 0 Å². The minimum Gasteiger partial charge on any atom is -0.300 e. The predicted octanol–water partition coefficient (Wildman–Crippen LogP) is 1.13. The molecule has 0 bridgehead atoms. The van der Waals surface area contributed by atoms with Gasteiger partial charge in [-0.25, -0.2) is 0 Å². The molecule has 1 heterocycles. The van der Waals surface area contributed by atoms with Gasteiger partial charge < -0.3 is 0 Å². The molecule has 0 amide bonds. The number of nitrogens with zero attached hydrogens (tertiary/aromatic N) is 2. The number of carbonyl (C=O) groups is 1. The molecule has 1 saturated heterocycles. The first kappa shape index (κ1) is 11.1. The minimum absolute atomic E-state index is 0.312. The third-order valence-corrected chi connectivity index (χ3v) is 3.62. The first-order valence-electron chi connectivity index (χ1n) is 6.14. The SMILES string of the molecule is CC(=O)CC(C)N1CCN(C2CC2)CC1. The topological polar surface area (TPSA) is 23.6 Å². The van der Waals surface area contributed by atoms with Gasteiger partial charge in [-0.1, -0.05) is 0 Å². The fourth-order valence-electron chi connectivity index (χ4n) is 2.53. The van der Waals surface area contributed by atoms with Crippen molar-refractivity contribution in [1.82, 2.24) is 9.80 Å². The second kappa shape index (κ2) is 4.62. The third kappa shape index (κ3) is 3.02. The van der Waals surface area contributed by atoms with Crippen molar-refractivity contribution in [2.75, 3.05) is 26.2 Å². The number of Topliss-reactive ketones (excluding diaryl/α,β-unsaturated/α-hetero) is 1. The number of hydrogen-bond donors (Lipinski definition) is 0. The van der Waals surface area contributed by atoms with E-state index in [0.717, 1.165) is 19.1 Å². The van der Waals surface area contributed by atoms with Crippen molar-refractivity contribution in [2.45, 2.75) is 45.2 Å². The zero-order valence-corrected chi connectivity index (χ0v) is 9.91. The molecule has 0 aromatic rings. The van der Waals surface area contributed by atoms with E-state index in [2.05, 4.69) is 16.7 Å². The van der Waals surface area contributed by atoms with E-state index in [1.165, 1.54) is 25.9 Å². The van der Waals surface area contributed by atoms with Crippen LogP contribution in [-0.2, 0) is 4.79 Å². The molecule has 3 nitrogen and oxygen atoms in total. The van der Waals surface area contributed by atoms with E-state index in [9.17, 15) is 4.79 Å².